The highest BCUT2D eigenvalue weighted by atomic mass is 35.5. The summed E-state index contributed by atoms with van der Waals surface area (Å²) in [7, 11) is 0. The van der Waals surface area contributed by atoms with Crippen LogP contribution in [0.15, 0.2) is 18.2 Å². The zero-order chi connectivity index (χ0) is 14.9. The van der Waals surface area contributed by atoms with Crippen LogP contribution in [-0.2, 0) is 11.2 Å². The van der Waals surface area contributed by atoms with Crippen LogP contribution in [0.2, 0.25) is 5.02 Å². The van der Waals surface area contributed by atoms with Gasteiger partial charge < -0.3 is 0 Å². The van der Waals surface area contributed by atoms with E-state index in [1.165, 1.54) is 12.1 Å². The largest absolute Gasteiger partial charge is 0.299 e. The zero-order valence-corrected chi connectivity index (χ0v) is 13.1. The van der Waals surface area contributed by atoms with Crippen LogP contribution in [0.5, 0.6) is 0 Å². The van der Waals surface area contributed by atoms with Gasteiger partial charge in [-0.1, -0.05) is 38.4 Å². The summed E-state index contributed by atoms with van der Waals surface area (Å²) in [5.41, 5.74) is 0.781. The van der Waals surface area contributed by atoms with E-state index in [4.69, 9.17) is 11.6 Å². The Bertz CT molecular complexity index is 510. The Morgan fingerprint density at radius 2 is 2.05 bits per heavy atom. The summed E-state index contributed by atoms with van der Waals surface area (Å²) in [4.78, 5) is 12.3. The van der Waals surface area contributed by atoms with Crippen molar-refractivity contribution < 1.29 is 9.18 Å². The van der Waals surface area contributed by atoms with Gasteiger partial charge in [-0.25, -0.2) is 4.39 Å². The van der Waals surface area contributed by atoms with E-state index in [-0.39, 0.29) is 17.2 Å². The second-order valence-electron chi connectivity index (χ2n) is 6.81. The molecule has 0 aromatic heterocycles. The van der Waals surface area contributed by atoms with Crippen LogP contribution in [0.25, 0.3) is 0 Å². The van der Waals surface area contributed by atoms with Crippen molar-refractivity contribution >= 4 is 17.4 Å². The summed E-state index contributed by atoms with van der Waals surface area (Å²) in [6.07, 6.45) is 3.45. The van der Waals surface area contributed by atoms with Gasteiger partial charge in [-0.15, -0.1) is 0 Å². The van der Waals surface area contributed by atoms with Crippen molar-refractivity contribution in [3.05, 3.63) is 34.6 Å². The third kappa shape index (κ3) is 3.41. The van der Waals surface area contributed by atoms with Crippen molar-refractivity contribution in [3.63, 3.8) is 0 Å². The van der Waals surface area contributed by atoms with Gasteiger partial charge in [0, 0.05) is 17.4 Å². The smallest absolute Gasteiger partial charge is 0.136 e. The maximum Gasteiger partial charge on any atom is 0.136 e. The third-order valence-corrected chi connectivity index (χ3v) is 4.84. The van der Waals surface area contributed by atoms with Crippen LogP contribution in [0.4, 0.5) is 4.39 Å². The molecule has 3 heteroatoms. The predicted molar refractivity (Wildman–Crippen MR) is 80.4 cm³/mol. The first kappa shape index (κ1) is 15.5. The summed E-state index contributed by atoms with van der Waals surface area (Å²) >= 11 is 6.11. The first-order valence-corrected chi connectivity index (χ1v) is 7.64. The van der Waals surface area contributed by atoms with Gasteiger partial charge in [0.1, 0.15) is 11.6 Å². The number of rotatable bonds is 3. The molecule has 0 N–H and O–H groups in total. The number of carbonyl (C=O) groups is 1. The number of hydrogen-bond acceptors (Lipinski definition) is 1. The van der Waals surface area contributed by atoms with Gasteiger partial charge >= 0.3 is 0 Å². The van der Waals surface area contributed by atoms with Crippen LogP contribution in [0.1, 0.15) is 45.6 Å². The molecule has 0 heterocycles. The van der Waals surface area contributed by atoms with Gasteiger partial charge in [0.25, 0.3) is 0 Å². The second-order valence-corrected chi connectivity index (χ2v) is 7.21. The molecule has 0 saturated heterocycles. The van der Waals surface area contributed by atoms with E-state index in [2.05, 4.69) is 20.8 Å². The Labute approximate surface area is 125 Å². The highest BCUT2D eigenvalue weighted by Crippen LogP contribution is 2.41. The lowest BCUT2D eigenvalue weighted by Crippen LogP contribution is -2.36. The number of hydrogen-bond donors (Lipinski definition) is 0. The minimum Gasteiger partial charge on any atom is -0.299 e. The molecule has 1 aliphatic carbocycles. The van der Waals surface area contributed by atoms with E-state index in [0.29, 0.717) is 29.6 Å². The number of Topliss-reactive ketones (excluding diaryl/α,β-unsaturated/α-hetero) is 1. The number of halogens is 2. The minimum atomic E-state index is -0.320. The molecule has 1 saturated carbocycles. The normalized spacial score (nSPS) is 23.9. The lowest BCUT2D eigenvalue weighted by Gasteiger charge is -2.37. The predicted octanol–water partition coefficient (Wildman–Crippen LogP) is 5.05. The molecule has 1 fully saturated rings. The fraction of sp³-hybridized carbons (Fsp3) is 0.588. The van der Waals surface area contributed by atoms with Crippen LogP contribution in [-0.4, -0.2) is 5.78 Å². The molecule has 2 atom stereocenters. The minimum absolute atomic E-state index is 0.0832. The molecule has 1 nitrogen and oxygen atoms in total. The molecule has 0 bridgehead atoms. The quantitative estimate of drug-likeness (QED) is 0.762. The topological polar surface area (TPSA) is 17.1 Å². The number of carbonyl (C=O) groups excluding carboxylic acids is 1. The first-order valence-electron chi connectivity index (χ1n) is 7.26. The molecule has 0 aliphatic heterocycles. The fourth-order valence-corrected chi connectivity index (χ4v) is 3.54. The monoisotopic (exact) mass is 296 g/mol. The lowest BCUT2D eigenvalue weighted by molar-refractivity contribution is -0.129. The molecule has 0 spiro atoms. The summed E-state index contributed by atoms with van der Waals surface area (Å²) in [5, 5.41) is 0.453. The van der Waals surface area contributed by atoms with Crippen molar-refractivity contribution in [2.75, 3.05) is 0 Å². The molecule has 1 aromatic rings. The summed E-state index contributed by atoms with van der Waals surface area (Å²) < 4.78 is 13.1. The van der Waals surface area contributed by atoms with Crippen molar-refractivity contribution in [1.29, 1.82) is 0 Å². The van der Waals surface area contributed by atoms with E-state index < -0.39 is 0 Å². The number of ketones is 1. The van der Waals surface area contributed by atoms with E-state index in [1.54, 1.807) is 6.07 Å². The molecular weight excluding hydrogens is 275 g/mol. The maximum atomic E-state index is 13.1. The van der Waals surface area contributed by atoms with Gasteiger partial charge in [0.2, 0.25) is 0 Å². The summed E-state index contributed by atoms with van der Waals surface area (Å²) in [5.74, 6) is 0.634. The summed E-state index contributed by atoms with van der Waals surface area (Å²) in [6.45, 7) is 6.37. The van der Waals surface area contributed by atoms with Gasteiger partial charge in [0.05, 0.1) is 0 Å². The van der Waals surface area contributed by atoms with E-state index >= 15 is 0 Å². The molecular formula is C17H22ClFO. The average Bonchev–Trinajstić information content (AvgIpc) is 2.32. The maximum absolute atomic E-state index is 13.1. The van der Waals surface area contributed by atoms with Crippen LogP contribution in [0, 0.1) is 23.1 Å². The lowest BCUT2D eigenvalue weighted by atomic mass is 9.66. The van der Waals surface area contributed by atoms with E-state index in [1.807, 2.05) is 0 Å². The Morgan fingerprint density at radius 3 is 2.65 bits per heavy atom. The van der Waals surface area contributed by atoms with Gasteiger partial charge in [-0.05, 0) is 48.3 Å². The van der Waals surface area contributed by atoms with E-state index in [0.717, 1.165) is 18.4 Å². The number of benzene rings is 1. The first-order chi connectivity index (χ1) is 9.29. The Kier molecular flexibility index (Phi) is 4.53. The molecule has 2 rings (SSSR count). The van der Waals surface area contributed by atoms with Crippen molar-refractivity contribution in [2.45, 2.75) is 46.5 Å². The third-order valence-electron chi connectivity index (χ3n) is 4.49. The van der Waals surface area contributed by atoms with Crippen LogP contribution in [0.3, 0.4) is 0 Å². The molecule has 2 unspecified atom stereocenters. The average molecular weight is 297 g/mol. The molecule has 20 heavy (non-hydrogen) atoms. The molecule has 0 radical (unpaired) electrons. The Hall–Kier alpha value is -0.890. The molecule has 1 aromatic carbocycles. The second kappa shape index (κ2) is 5.85. The molecule has 110 valence electrons. The summed E-state index contributed by atoms with van der Waals surface area (Å²) in [6, 6.07) is 4.51. The van der Waals surface area contributed by atoms with Gasteiger partial charge in [-0.3, -0.25) is 4.79 Å². The zero-order valence-electron chi connectivity index (χ0n) is 12.4. The molecule has 1 aliphatic rings. The fourth-order valence-electron chi connectivity index (χ4n) is 3.31. The van der Waals surface area contributed by atoms with Gasteiger partial charge in [0.15, 0.2) is 0 Å². The Balaban J connectivity index is 2.16. The van der Waals surface area contributed by atoms with Crippen molar-refractivity contribution in [2.24, 2.45) is 17.3 Å². The van der Waals surface area contributed by atoms with E-state index in [9.17, 15) is 9.18 Å². The Morgan fingerprint density at radius 1 is 1.35 bits per heavy atom. The standard InChI is InChI=1S/C17H22ClFO/c1-11-4-7-14(16(20)8-11)17(2,3)10-12-5-6-13(19)9-15(12)18/h5-6,9,11,14H,4,7-8,10H2,1-3H3. The highest BCUT2D eigenvalue weighted by molar-refractivity contribution is 6.31. The van der Waals surface area contributed by atoms with Gasteiger partial charge in [-0.2, -0.15) is 0 Å². The highest BCUT2D eigenvalue weighted by Gasteiger charge is 2.38. The molecule has 0 amide bonds. The van der Waals surface area contributed by atoms with Crippen molar-refractivity contribution in [3.8, 4) is 0 Å². The van der Waals surface area contributed by atoms with Crippen LogP contribution < -0.4 is 0 Å². The van der Waals surface area contributed by atoms with Crippen LogP contribution >= 0.6 is 11.6 Å². The SMILES string of the molecule is CC1CCC(C(C)(C)Cc2ccc(F)cc2Cl)C(=O)C1. The van der Waals surface area contributed by atoms with Crippen molar-refractivity contribution in [1.82, 2.24) is 0 Å².